The predicted octanol–water partition coefficient (Wildman–Crippen LogP) is 0.359. The molecule has 2 heterocycles. The summed E-state index contributed by atoms with van der Waals surface area (Å²) in [6.07, 6.45) is 4.49. The first-order chi connectivity index (χ1) is 9.69. The second-order valence-corrected chi connectivity index (χ2v) is 5.05. The van der Waals surface area contributed by atoms with Crippen LogP contribution in [0.4, 0.5) is 0 Å². The number of aromatic nitrogens is 3. The zero-order chi connectivity index (χ0) is 14.4. The molecule has 0 radical (unpaired) electrons. The van der Waals surface area contributed by atoms with Crippen LogP contribution in [0.5, 0.6) is 0 Å². The topological polar surface area (TPSA) is 69.5 Å². The van der Waals surface area contributed by atoms with E-state index in [1.165, 1.54) is 7.11 Å². The zero-order valence-corrected chi connectivity index (χ0v) is 12.1. The third-order valence-electron chi connectivity index (χ3n) is 3.52. The number of ether oxygens (including phenoxy) is 2. The van der Waals surface area contributed by atoms with Crippen molar-refractivity contribution in [2.45, 2.75) is 31.9 Å². The number of esters is 1. The SMILES string of the molecule is COC(=O)CCN(Cc1nncn1C)CC1CCCO1. The minimum Gasteiger partial charge on any atom is -0.469 e. The average molecular weight is 282 g/mol. The minimum atomic E-state index is -0.194. The second-order valence-electron chi connectivity index (χ2n) is 5.05. The Balaban J connectivity index is 1.91. The van der Waals surface area contributed by atoms with Crippen LogP contribution < -0.4 is 0 Å². The number of carbonyl (C=O) groups is 1. The molecule has 1 aromatic rings. The Morgan fingerprint density at radius 3 is 3.10 bits per heavy atom. The van der Waals surface area contributed by atoms with Gasteiger partial charge < -0.3 is 14.0 Å². The molecule has 0 saturated carbocycles. The van der Waals surface area contributed by atoms with Gasteiger partial charge in [-0.25, -0.2) is 0 Å². The highest BCUT2D eigenvalue weighted by Crippen LogP contribution is 2.14. The van der Waals surface area contributed by atoms with Gasteiger partial charge in [-0.05, 0) is 12.8 Å². The Bertz CT molecular complexity index is 429. The molecular formula is C13H22N4O3. The van der Waals surface area contributed by atoms with Crippen LogP contribution in [0.25, 0.3) is 0 Å². The molecule has 1 atom stereocenters. The van der Waals surface area contributed by atoms with Crippen LogP contribution in [-0.2, 0) is 27.9 Å². The standard InChI is InChI=1S/C13H22N4O3/c1-16-10-14-15-12(16)9-17(6-5-13(18)19-2)8-11-4-3-7-20-11/h10-11H,3-9H2,1-2H3. The molecule has 1 aliphatic heterocycles. The molecule has 7 nitrogen and oxygen atoms in total. The summed E-state index contributed by atoms with van der Waals surface area (Å²) in [5.41, 5.74) is 0. The first kappa shape index (κ1) is 14.9. The van der Waals surface area contributed by atoms with Crippen LogP contribution in [-0.4, -0.2) is 58.5 Å². The van der Waals surface area contributed by atoms with Crippen molar-refractivity contribution in [1.29, 1.82) is 0 Å². The summed E-state index contributed by atoms with van der Waals surface area (Å²) >= 11 is 0. The quantitative estimate of drug-likeness (QED) is 0.673. The fourth-order valence-electron chi connectivity index (χ4n) is 2.31. The van der Waals surface area contributed by atoms with Crippen LogP contribution in [0.1, 0.15) is 25.1 Å². The zero-order valence-electron chi connectivity index (χ0n) is 12.1. The van der Waals surface area contributed by atoms with Gasteiger partial charge in [-0.1, -0.05) is 0 Å². The summed E-state index contributed by atoms with van der Waals surface area (Å²) in [7, 11) is 3.33. The normalized spacial score (nSPS) is 18.6. The lowest BCUT2D eigenvalue weighted by atomic mass is 10.2. The summed E-state index contributed by atoms with van der Waals surface area (Å²) in [5.74, 6) is 0.688. The van der Waals surface area contributed by atoms with E-state index in [9.17, 15) is 4.79 Å². The van der Waals surface area contributed by atoms with Gasteiger partial charge in [0.1, 0.15) is 12.2 Å². The monoisotopic (exact) mass is 282 g/mol. The molecule has 1 fully saturated rings. The molecule has 112 valence electrons. The largest absolute Gasteiger partial charge is 0.469 e. The number of aryl methyl sites for hydroxylation is 1. The lowest BCUT2D eigenvalue weighted by molar-refractivity contribution is -0.141. The van der Waals surface area contributed by atoms with E-state index < -0.39 is 0 Å². The maximum atomic E-state index is 11.3. The number of hydrogen-bond donors (Lipinski definition) is 0. The Morgan fingerprint density at radius 1 is 1.65 bits per heavy atom. The van der Waals surface area contributed by atoms with Crippen molar-refractivity contribution in [3.05, 3.63) is 12.2 Å². The molecular weight excluding hydrogens is 260 g/mol. The van der Waals surface area contributed by atoms with Gasteiger partial charge in [-0.3, -0.25) is 9.69 Å². The first-order valence-corrected chi connectivity index (χ1v) is 6.92. The van der Waals surface area contributed by atoms with Gasteiger partial charge in [0.05, 0.1) is 26.2 Å². The van der Waals surface area contributed by atoms with E-state index in [-0.39, 0.29) is 12.1 Å². The van der Waals surface area contributed by atoms with E-state index in [1.54, 1.807) is 6.33 Å². The highest BCUT2D eigenvalue weighted by molar-refractivity contribution is 5.69. The fourth-order valence-corrected chi connectivity index (χ4v) is 2.31. The van der Waals surface area contributed by atoms with Crippen LogP contribution in [0.15, 0.2) is 6.33 Å². The van der Waals surface area contributed by atoms with Crippen molar-refractivity contribution in [3.8, 4) is 0 Å². The van der Waals surface area contributed by atoms with E-state index in [2.05, 4.69) is 15.1 Å². The molecule has 1 aromatic heterocycles. The average Bonchev–Trinajstić information content (AvgIpc) is 3.08. The van der Waals surface area contributed by atoms with Crippen molar-refractivity contribution >= 4 is 5.97 Å². The second kappa shape index (κ2) is 7.35. The Labute approximate surface area is 118 Å². The van der Waals surface area contributed by atoms with Crippen molar-refractivity contribution < 1.29 is 14.3 Å². The molecule has 0 N–H and O–H groups in total. The number of nitrogens with zero attached hydrogens (tertiary/aromatic N) is 4. The van der Waals surface area contributed by atoms with Gasteiger partial charge in [0, 0.05) is 26.7 Å². The maximum absolute atomic E-state index is 11.3. The number of carbonyl (C=O) groups excluding carboxylic acids is 1. The predicted molar refractivity (Wildman–Crippen MR) is 71.9 cm³/mol. The molecule has 0 aliphatic carbocycles. The van der Waals surface area contributed by atoms with Gasteiger partial charge in [0.2, 0.25) is 0 Å². The fraction of sp³-hybridized carbons (Fsp3) is 0.769. The number of methoxy groups -OCH3 is 1. The van der Waals surface area contributed by atoms with Gasteiger partial charge in [0.25, 0.3) is 0 Å². The summed E-state index contributed by atoms with van der Waals surface area (Å²) in [6.45, 7) is 2.94. The van der Waals surface area contributed by atoms with E-state index in [4.69, 9.17) is 9.47 Å². The van der Waals surface area contributed by atoms with Gasteiger partial charge >= 0.3 is 5.97 Å². The van der Waals surface area contributed by atoms with Crippen molar-refractivity contribution in [1.82, 2.24) is 19.7 Å². The molecule has 2 rings (SSSR count). The molecule has 20 heavy (non-hydrogen) atoms. The summed E-state index contributed by atoms with van der Waals surface area (Å²) in [6, 6.07) is 0. The summed E-state index contributed by atoms with van der Waals surface area (Å²) < 4.78 is 12.3. The van der Waals surface area contributed by atoms with Crippen molar-refractivity contribution in [3.63, 3.8) is 0 Å². The molecule has 7 heteroatoms. The van der Waals surface area contributed by atoms with Gasteiger partial charge in [0.15, 0.2) is 0 Å². The summed E-state index contributed by atoms with van der Waals surface area (Å²) in [4.78, 5) is 13.5. The van der Waals surface area contributed by atoms with Crippen molar-refractivity contribution in [2.75, 3.05) is 26.8 Å². The van der Waals surface area contributed by atoms with Gasteiger partial charge in [-0.15, -0.1) is 10.2 Å². The lowest BCUT2D eigenvalue weighted by Crippen LogP contribution is -2.34. The van der Waals surface area contributed by atoms with Crippen LogP contribution in [0.2, 0.25) is 0 Å². The highest BCUT2D eigenvalue weighted by Gasteiger charge is 2.21. The smallest absolute Gasteiger partial charge is 0.306 e. The Morgan fingerprint density at radius 2 is 2.50 bits per heavy atom. The van der Waals surface area contributed by atoms with Crippen LogP contribution in [0, 0.1) is 0 Å². The Hall–Kier alpha value is -1.47. The third-order valence-corrected chi connectivity index (χ3v) is 3.52. The molecule has 0 aromatic carbocycles. The molecule has 1 aliphatic rings. The lowest BCUT2D eigenvalue weighted by Gasteiger charge is -2.24. The summed E-state index contributed by atoms with van der Waals surface area (Å²) in [5, 5.41) is 7.97. The number of rotatable bonds is 7. The molecule has 1 saturated heterocycles. The first-order valence-electron chi connectivity index (χ1n) is 6.92. The highest BCUT2D eigenvalue weighted by atomic mass is 16.5. The minimum absolute atomic E-state index is 0.194. The van der Waals surface area contributed by atoms with E-state index in [0.717, 1.165) is 31.8 Å². The van der Waals surface area contributed by atoms with Crippen LogP contribution in [0.3, 0.4) is 0 Å². The number of hydrogen-bond acceptors (Lipinski definition) is 6. The molecule has 0 amide bonds. The van der Waals surface area contributed by atoms with E-state index in [1.807, 2.05) is 11.6 Å². The maximum Gasteiger partial charge on any atom is 0.306 e. The third kappa shape index (κ3) is 4.28. The molecule has 1 unspecified atom stereocenters. The van der Waals surface area contributed by atoms with E-state index >= 15 is 0 Å². The van der Waals surface area contributed by atoms with E-state index in [0.29, 0.717) is 19.5 Å². The van der Waals surface area contributed by atoms with Crippen molar-refractivity contribution in [2.24, 2.45) is 7.05 Å². The molecule has 0 spiro atoms. The van der Waals surface area contributed by atoms with Crippen LogP contribution >= 0.6 is 0 Å². The van der Waals surface area contributed by atoms with Gasteiger partial charge in [-0.2, -0.15) is 0 Å². The molecule has 0 bridgehead atoms. The Kier molecular flexibility index (Phi) is 5.49.